The molecule has 0 radical (unpaired) electrons. The van der Waals surface area contributed by atoms with Gasteiger partial charge in [0.15, 0.2) is 5.96 Å². The molecule has 28 heavy (non-hydrogen) atoms. The quantitative estimate of drug-likeness (QED) is 0.527. The van der Waals surface area contributed by atoms with Crippen molar-refractivity contribution in [3.63, 3.8) is 0 Å². The Hall–Kier alpha value is -1.63. The second kappa shape index (κ2) is 10.8. The highest BCUT2D eigenvalue weighted by molar-refractivity contribution is 5.79. The van der Waals surface area contributed by atoms with Gasteiger partial charge in [0, 0.05) is 38.8 Å². The van der Waals surface area contributed by atoms with Gasteiger partial charge in [-0.2, -0.15) is 0 Å². The number of morpholine rings is 1. The maximum absolute atomic E-state index is 5.48. The van der Waals surface area contributed by atoms with Crippen LogP contribution in [0.25, 0.3) is 0 Å². The number of hydrogen-bond donors (Lipinski definition) is 2. The number of guanidine groups is 1. The molecule has 0 saturated carbocycles. The third kappa shape index (κ3) is 6.47. The molecule has 158 valence electrons. The number of hydrogen-bond acceptors (Lipinski definition) is 4. The van der Waals surface area contributed by atoms with E-state index < -0.39 is 0 Å². The van der Waals surface area contributed by atoms with E-state index in [4.69, 9.17) is 4.74 Å². The van der Waals surface area contributed by atoms with Crippen LogP contribution >= 0.6 is 0 Å². The molecule has 0 aromatic heterocycles. The van der Waals surface area contributed by atoms with Crippen LogP contribution < -0.4 is 10.6 Å². The van der Waals surface area contributed by atoms with E-state index in [1.54, 1.807) is 0 Å². The van der Waals surface area contributed by atoms with E-state index in [2.05, 4.69) is 84.6 Å². The molecule has 2 rings (SSSR count). The molecule has 6 nitrogen and oxygen atoms in total. The first kappa shape index (κ1) is 22.7. The van der Waals surface area contributed by atoms with E-state index in [1.807, 2.05) is 7.05 Å². The van der Waals surface area contributed by atoms with Crippen LogP contribution in [0.15, 0.2) is 29.3 Å². The molecule has 1 atom stereocenters. The molecule has 0 aliphatic carbocycles. The van der Waals surface area contributed by atoms with Crippen molar-refractivity contribution < 1.29 is 4.74 Å². The Kier molecular flexibility index (Phi) is 8.73. The predicted molar refractivity (Wildman–Crippen MR) is 118 cm³/mol. The number of likely N-dealkylation sites (N-methyl/N-ethyl adjacent to an activating group) is 1. The molecule has 1 heterocycles. The average molecular weight is 390 g/mol. The highest BCUT2D eigenvalue weighted by Gasteiger charge is 2.28. The standard InChI is InChI=1S/C22H39N5O/c1-7-18-8-10-19(11-9-18)20(26(5)6)16-24-21(23-4)25-17-22(2,3)27-12-14-28-15-13-27/h8-11,20H,7,12-17H2,1-6H3,(H2,23,24,25). The summed E-state index contributed by atoms with van der Waals surface area (Å²) in [6.45, 7) is 12.0. The molecule has 1 aliphatic heterocycles. The second-order valence-corrected chi connectivity index (χ2v) is 8.29. The van der Waals surface area contributed by atoms with Crippen LogP contribution in [0.3, 0.4) is 0 Å². The summed E-state index contributed by atoms with van der Waals surface area (Å²) >= 11 is 0. The average Bonchev–Trinajstić information content (AvgIpc) is 2.71. The van der Waals surface area contributed by atoms with Gasteiger partial charge in [-0.1, -0.05) is 31.2 Å². The van der Waals surface area contributed by atoms with E-state index in [9.17, 15) is 0 Å². The Morgan fingerprint density at radius 1 is 1.18 bits per heavy atom. The van der Waals surface area contributed by atoms with E-state index >= 15 is 0 Å². The Labute approximate surface area is 171 Å². The fourth-order valence-electron chi connectivity index (χ4n) is 3.57. The number of nitrogens with zero attached hydrogens (tertiary/aromatic N) is 3. The Balaban J connectivity index is 1.91. The summed E-state index contributed by atoms with van der Waals surface area (Å²) in [5.74, 6) is 0.846. The lowest BCUT2D eigenvalue weighted by atomic mass is 10.0. The van der Waals surface area contributed by atoms with Gasteiger partial charge in [0.25, 0.3) is 0 Å². The second-order valence-electron chi connectivity index (χ2n) is 8.29. The minimum Gasteiger partial charge on any atom is -0.379 e. The Bertz CT molecular complexity index is 606. The lowest BCUT2D eigenvalue weighted by Gasteiger charge is -2.41. The van der Waals surface area contributed by atoms with Gasteiger partial charge in [-0.3, -0.25) is 9.89 Å². The molecule has 1 aliphatic rings. The van der Waals surface area contributed by atoms with Crippen LogP contribution in [0.2, 0.25) is 0 Å². The van der Waals surface area contributed by atoms with Crippen molar-refractivity contribution in [3.05, 3.63) is 35.4 Å². The fraction of sp³-hybridized carbons (Fsp3) is 0.682. The van der Waals surface area contributed by atoms with Crippen molar-refractivity contribution >= 4 is 5.96 Å². The van der Waals surface area contributed by atoms with Gasteiger partial charge >= 0.3 is 0 Å². The molecule has 6 heteroatoms. The maximum Gasteiger partial charge on any atom is 0.191 e. The normalized spacial score (nSPS) is 17.6. The molecule has 1 aromatic carbocycles. The summed E-state index contributed by atoms with van der Waals surface area (Å²) in [7, 11) is 6.08. The number of aryl methyl sites for hydroxylation is 1. The molecule has 1 fully saturated rings. The molecule has 0 spiro atoms. The first-order valence-electron chi connectivity index (χ1n) is 10.4. The van der Waals surface area contributed by atoms with E-state index in [-0.39, 0.29) is 11.6 Å². The topological polar surface area (TPSA) is 52.1 Å². The smallest absolute Gasteiger partial charge is 0.191 e. The molecule has 1 unspecified atom stereocenters. The highest BCUT2D eigenvalue weighted by atomic mass is 16.5. The lowest BCUT2D eigenvalue weighted by Crippen LogP contribution is -2.56. The van der Waals surface area contributed by atoms with Gasteiger partial charge < -0.3 is 20.3 Å². The van der Waals surface area contributed by atoms with Crippen LogP contribution in [0.1, 0.15) is 37.9 Å². The minimum absolute atomic E-state index is 0.0539. The van der Waals surface area contributed by atoms with Crippen LogP contribution in [0.4, 0.5) is 0 Å². The summed E-state index contributed by atoms with van der Waals surface area (Å²) in [5.41, 5.74) is 2.74. The summed E-state index contributed by atoms with van der Waals surface area (Å²) in [6, 6.07) is 9.22. The molecular formula is C22H39N5O. The van der Waals surface area contributed by atoms with E-state index in [0.717, 1.165) is 51.8 Å². The monoisotopic (exact) mass is 389 g/mol. The maximum atomic E-state index is 5.48. The van der Waals surface area contributed by atoms with Crippen molar-refractivity contribution in [2.75, 3.05) is 60.5 Å². The van der Waals surface area contributed by atoms with Gasteiger partial charge in [-0.15, -0.1) is 0 Å². The van der Waals surface area contributed by atoms with Gasteiger partial charge in [-0.25, -0.2) is 0 Å². The summed E-state index contributed by atoms with van der Waals surface area (Å²) in [5, 5.41) is 7.02. The van der Waals surface area contributed by atoms with Crippen LogP contribution in [0.5, 0.6) is 0 Å². The third-order valence-electron chi connectivity index (χ3n) is 5.64. The number of nitrogens with one attached hydrogen (secondary N) is 2. The number of ether oxygens (including phenoxy) is 1. The minimum atomic E-state index is 0.0539. The van der Waals surface area contributed by atoms with E-state index in [1.165, 1.54) is 11.1 Å². The van der Waals surface area contributed by atoms with E-state index in [0.29, 0.717) is 0 Å². The Morgan fingerprint density at radius 2 is 1.82 bits per heavy atom. The van der Waals surface area contributed by atoms with Gasteiger partial charge in [0.2, 0.25) is 0 Å². The lowest BCUT2D eigenvalue weighted by molar-refractivity contribution is -0.00834. The summed E-state index contributed by atoms with van der Waals surface area (Å²) in [6.07, 6.45) is 1.07. The van der Waals surface area contributed by atoms with Gasteiger partial charge in [0.05, 0.1) is 19.3 Å². The van der Waals surface area contributed by atoms with Crippen LogP contribution in [-0.4, -0.2) is 81.8 Å². The van der Waals surface area contributed by atoms with Crippen molar-refractivity contribution in [2.45, 2.75) is 38.8 Å². The SMILES string of the molecule is CCc1ccc(C(CNC(=NC)NCC(C)(C)N2CCOCC2)N(C)C)cc1. The summed E-state index contributed by atoms with van der Waals surface area (Å²) < 4.78 is 5.48. The molecule has 1 aromatic rings. The van der Waals surface area contributed by atoms with Crippen molar-refractivity contribution in [3.8, 4) is 0 Å². The zero-order valence-corrected chi connectivity index (χ0v) is 18.6. The Morgan fingerprint density at radius 3 is 2.36 bits per heavy atom. The number of aliphatic imine (C=N–C) groups is 1. The van der Waals surface area contributed by atoms with Crippen molar-refractivity contribution in [1.82, 2.24) is 20.4 Å². The first-order valence-corrected chi connectivity index (χ1v) is 10.4. The molecular weight excluding hydrogens is 350 g/mol. The van der Waals surface area contributed by atoms with Crippen molar-refractivity contribution in [1.29, 1.82) is 0 Å². The summed E-state index contributed by atoms with van der Waals surface area (Å²) in [4.78, 5) is 9.15. The van der Waals surface area contributed by atoms with Gasteiger partial charge in [0.1, 0.15) is 0 Å². The van der Waals surface area contributed by atoms with Gasteiger partial charge in [-0.05, 0) is 45.5 Å². The largest absolute Gasteiger partial charge is 0.379 e. The zero-order valence-electron chi connectivity index (χ0n) is 18.6. The number of benzene rings is 1. The fourth-order valence-corrected chi connectivity index (χ4v) is 3.57. The number of rotatable bonds is 8. The van der Waals surface area contributed by atoms with Crippen molar-refractivity contribution in [2.24, 2.45) is 4.99 Å². The molecule has 2 N–H and O–H groups in total. The zero-order chi connectivity index (χ0) is 20.6. The first-order chi connectivity index (χ1) is 13.4. The third-order valence-corrected chi connectivity index (χ3v) is 5.64. The molecule has 0 amide bonds. The van der Waals surface area contributed by atoms with Crippen LogP contribution in [0, 0.1) is 0 Å². The highest BCUT2D eigenvalue weighted by Crippen LogP contribution is 2.18. The molecule has 0 bridgehead atoms. The van der Waals surface area contributed by atoms with Crippen LogP contribution in [-0.2, 0) is 11.2 Å². The predicted octanol–water partition coefficient (Wildman–Crippen LogP) is 2.13. The molecule has 1 saturated heterocycles.